The lowest BCUT2D eigenvalue weighted by atomic mass is 9.84. The largest absolute Gasteiger partial charge is 0.316 e. The van der Waals surface area contributed by atoms with Gasteiger partial charge in [0.2, 0.25) is 10.0 Å². The second-order valence-corrected chi connectivity index (χ2v) is 8.34. The van der Waals surface area contributed by atoms with E-state index in [1.165, 1.54) is 18.6 Å². The van der Waals surface area contributed by atoms with Gasteiger partial charge in [-0.2, -0.15) is 0 Å². The Morgan fingerprint density at radius 3 is 2.30 bits per heavy atom. The third-order valence-corrected chi connectivity index (χ3v) is 6.77. The number of piperidine rings is 1. The lowest BCUT2D eigenvalue weighted by Gasteiger charge is -2.34. The molecule has 1 aromatic rings. The first-order valence-corrected chi connectivity index (χ1v) is 9.58. The summed E-state index contributed by atoms with van der Waals surface area (Å²) < 4.78 is 39.5. The SMILES string of the molecule is Cl.O=S(=O)(Cc1ccc(F)cc1)N1CCC(C2CCNC2)CC1. The Kier molecular flexibility index (Phi) is 6.42. The van der Waals surface area contributed by atoms with Gasteiger partial charge in [-0.3, -0.25) is 0 Å². The maximum absolute atomic E-state index is 12.9. The first-order valence-electron chi connectivity index (χ1n) is 7.97. The molecule has 4 nitrogen and oxygen atoms in total. The quantitative estimate of drug-likeness (QED) is 0.894. The van der Waals surface area contributed by atoms with E-state index in [9.17, 15) is 12.8 Å². The van der Waals surface area contributed by atoms with Crippen LogP contribution in [0.5, 0.6) is 0 Å². The van der Waals surface area contributed by atoms with Gasteiger partial charge in [-0.25, -0.2) is 17.1 Å². The van der Waals surface area contributed by atoms with Crippen LogP contribution in [0.1, 0.15) is 24.8 Å². The fourth-order valence-corrected chi connectivity index (χ4v) is 5.15. The Balaban J connectivity index is 0.00000192. The minimum atomic E-state index is -3.30. The average Bonchev–Trinajstić information content (AvgIpc) is 3.04. The normalized spacial score (nSPS) is 23.6. The fourth-order valence-electron chi connectivity index (χ4n) is 3.59. The molecule has 1 N–H and O–H groups in total. The van der Waals surface area contributed by atoms with Crippen molar-refractivity contribution >= 4 is 22.4 Å². The van der Waals surface area contributed by atoms with Gasteiger partial charge in [0.1, 0.15) is 5.82 Å². The molecule has 2 aliphatic heterocycles. The minimum absolute atomic E-state index is 0. The topological polar surface area (TPSA) is 49.4 Å². The molecule has 23 heavy (non-hydrogen) atoms. The summed E-state index contributed by atoms with van der Waals surface area (Å²) in [5.74, 6) is 0.976. The van der Waals surface area contributed by atoms with Gasteiger partial charge < -0.3 is 5.32 Å². The summed E-state index contributed by atoms with van der Waals surface area (Å²) in [6, 6.07) is 5.71. The molecule has 7 heteroatoms. The number of rotatable bonds is 4. The molecule has 1 aromatic carbocycles. The van der Waals surface area contributed by atoms with Crippen molar-refractivity contribution in [2.24, 2.45) is 11.8 Å². The Morgan fingerprint density at radius 1 is 1.09 bits per heavy atom. The van der Waals surface area contributed by atoms with Crippen molar-refractivity contribution in [1.82, 2.24) is 9.62 Å². The minimum Gasteiger partial charge on any atom is -0.316 e. The van der Waals surface area contributed by atoms with Crippen molar-refractivity contribution < 1.29 is 12.8 Å². The predicted molar refractivity (Wildman–Crippen MR) is 91.5 cm³/mol. The number of benzene rings is 1. The average molecular weight is 363 g/mol. The van der Waals surface area contributed by atoms with Crippen molar-refractivity contribution in [3.8, 4) is 0 Å². The number of nitrogens with one attached hydrogen (secondary N) is 1. The van der Waals surface area contributed by atoms with E-state index in [0.717, 1.165) is 25.9 Å². The molecule has 0 amide bonds. The summed E-state index contributed by atoms with van der Waals surface area (Å²) in [5, 5.41) is 3.39. The molecule has 1 atom stereocenters. The van der Waals surface area contributed by atoms with Crippen LogP contribution in [0.3, 0.4) is 0 Å². The number of sulfonamides is 1. The van der Waals surface area contributed by atoms with E-state index >= 15 is 0 Å². The molecule has 2 aliphatic rings. The third kappa shape index (κ3) is 4.66. The zero-order valence-electron chi connectivity index (χ0n) is 13.1. The maximum atomic E-state index is 12.9. The van der Waals surface area contributed by atoms with Crippen molar-refractivity contribution in [3.63, 3.8) is 0 Å². The third-order valence-electron chi connectivity index (χ3n) is 4.92. The molecule has 130 valence electrons. The summed E-state index contributed by atoms with van der Waals surface area (Å²) >= 11 is 0. The van der Waals surface area contributed by atoms with E-state index in [-0.39, 0.29) is 24.0 Å². The van der Waals surface area contributed by atoms with Gasteiger partial charge in [0.25, 0.3) is 0 Å². The van der Waals surface area contributed by atoms with E-state index < -0.39 is 10.0 Å². The monoisotopic (exact) mass is 362 g/mol. The molecule has 0 aromatic heterocycles. The van der Waals surface area contributed by atoms with Crippen molar-refractivity contribution in [2.75, 3.05) is 26.2 Å². The second kappa shape index (κ2) is 7.92. The Morgan fingerprint density at radius 2 is 1.74 bits per heavy atom. The summed E-state index contributed by atoms with van der Waals surface area (Å²) in [6.07, 6.45) is 3.12. The Labute approximate surface area is 143 Å². The highest BCUT2D eigenvalue weighted by atomic mass is 35.5. The van der Waals surface area contributed by atoms with Crippen LogP contribution < -0.4 is 5.32 Å². The van der Waals surface area contributed by atoms with Gasteiger partial charge in [0, 0.05) is 13.1 Å². The van der Waals surface area contributed by atoms with Gasteiger partial charge in [-0.1, -0.05) is 12.1 Å². The highest BCUT2D eigenvalue weighted by Gasteiger charge is 2.32. The summed E-state index contributed by atoms with van der Waals surface area (Å²) in [7, 11) is -3.30. The second-order valence-electron chi connectivity index (χ2n) is 6.37. The van der Waals surface area contributed by atoms with Gasteiger partial charge in [-0.15, -0.1) is 12.4 Å². The molecule has 0 aliphatic carbocycles. The molecule has 2 saturated heterocycles. The summed E-state index contributed by atoms with van der Waals surface area (Å²) in [6.45, 7) is 3.40. The molecular formula is C16H24ClFN2O2S. The van der Waals surface area contributed by atoms with Crippen molar-refractivity contribution in [3.05, 3.63) is 35.6 Å². The van der Waals surface area contributed by atoms with Crippen LogP contribution in [0.2, 0.25) is 0 Å². The lowest BCUT2D eigenvalue weighted by Crippen LogP contribution is -2.40. The van der Waals surface area contributed by atoms with E-state index in [1.54, 1.807) is 16.4 Å². The number of hydrogen-bond donors (Lipinski definition) is 1. The molecular weight excluding hydrogens is 339 g/mol. The molecule has 0 saturated carbocycles. The van der Waals surface area contributed by atoms with Crippen LogP contribution in [-0.4, -0.2) is 38.9 Å². The molecule has 2 fully saturated rings. The van der Waals surface area contributed by atoms with Crippen molar-refractivity contribution in [1.29, 1.82) is 0 Å². The maximum Gasteiger partial charge on any atom is 0.218 e. The Hall–Kier alpha value is -0.690. The lowest BCUT2D eigenvalue weighted by molar-refractivity contribution is 0.216. The number of halogens is 2. The molecule has 2 heterocycles. The van der Waals surface area contributed by atoms with Crippen LogP contribution >= 0.6 is 12.4 Å². The predicted octanol–water partition coefficient (Wildman–Crippen LogP) is 2.40. The smallest absolute Gasteiger partial charge is 0.218 e. The molecule has 1 unspecified atom stereocenters. The van der Waals surface area contributed by atoms with Crippen LogP contribution in [0.4, 0.5) is 4.39 Å². The van der Waals surface area contributed by atoms with E-state index in [2.05, 4.69) is 5.32 Å². The number of hydrogen-bond acceptors (Lipinski definition) is 3. The van der Waals surface area contributed by atoms with Crippen LogP contribution in [-0.2, 0) is 15.8 Å². The standard InChI is InChI=1S/C16H23FN2O2S.ClH/c17-16-3-1-13(2-4-16)12-22(20,21)19-9-6-14(7-10-19)15-5-8-18-11-15;/h1-4,14-15,18H,5-12H2;1H. The van der Waals surface area contributed by atoms with Gasteiger partial charge in [0.15, 0.2) is 0 Å². The highest BCUT2D eigenvalue weighted by Crippen LogP contribution is 2.30. The first kappa shape index (κ1) is 18.6. The molecule has 0 radical (unpaired) electrons. The van der Waals surface area contributed by atoms with Crippen molar-refractivity contribution in [2.45, 2.75) is 25.0 Å². The van der Waals surface area contributed by atoms with Gasteiger partial charge >= 0.3 is 0 Å². The summed E-state index contributed by atoms with van der Waals surface area (Å²) in [5.41, 5.74) is 0.642. The number of nitrogens with zero attached hydrogens (tertiary/aromatic N) is 1. The van der Waals surface area contributed by atoms with Gasteiger partial charge in [-0.05, 0) is 61.9 Å². The molecule has 0 bridgehead atoms. The Bertz CT molecular complexity index is 595. The van der Waals surface area contributed by atoms with Gasteiger partial charge in [0.05, 0.1) is 5.75 Å². The van der Waals surface area contributed by atoms with E-state index in [1.807, 2.05) is 0 Å². The van der Waals surface area contributed by atoms with Crippen LogP contribution in [0, 0.1) is 17.7 Å². The molecule has 3 rings (SSSR count). The zero-order valence-corrected chi connectivity index (χ0v) is 14.7. The fraction of sp³-hybridized carbons (Fsp3) is 0.625. The van der Waals surface area contributed by atoms with E-state index in [4.69, 9.17) is 0 Å². The van der Waals surface area contributed by atoms with E-state index in [0.29, 0.717) is 30.5 Å². The zero-order chi connectivity index (χ0) is 15.6. The van der Waals surface area contributed by atoms with Crippen LogP contribution in [0.15, 0.2) is 24.3 Å². The summed E-state index contributed by atoms with van der Waals surface area (Å²) in [4.78, 5) is 0. The highest BCUT2D eigenvalue weighted by molar-refractivity contribution is 7.88. The van der Waals surface area contributed by atoms with Crippen LogP contribution in [0.25, 0.3) is 0 Å². The molecule has 0 spiro atoms. The first-order chi connectivity index (χ1) is 10.5.